The molecular weight excluding hydrogens is 212 g/mol. The van der Waals surface area contributed by atoms with Gasteiger partial charge in [-0.25, -0.2) is 9.48 Å². The molecule has 0 aliphatic carbocycles. The van der Waals surface area contributed by atoms with Crippen LogP contribution in [0.4, 0.5) is 0 Å². The Hall–Kier alpha value is -1.47. The molecule has 1 heterocycles. The number of nitrogens with two attached hydrogens (primary N) is 1. The van der Waals surface area contributed by atoms with E-state index in [1.54, 1.807) is 11.8 Å². The number of ether oxygens (including phenoxy) is 1. The highest BCUT2D eigenvalue weighted by atomic mass is 16.5. The number of aromatic nitrogens is 3. The molecule has 1 rings (SSSR count). The largest absolute Gasteiger partial charge is 0.476 e. The maximum Gasteiger partial charge on any atom is 0.358 e. The van der Waals surface area contributed by atoms with Crippen LogP contribution < -0.4 is 5.73 Å². The van der Waals surface area contributed by atoms with E-state index >= 15 is 0 Å². The van der Waals surface area contributed by atoms with Crippen molar-refractivity contribution in [1.29, 1.82) is 0 Å². The molecule has 16 heavy (non-hydrogen) atoms. The SMILES string of the molecule is COCCCn1nnc(C(=O)O)c1CCN. The Bertz CT molecular complexity index is 351. The highest BCUT2D eigenvalue weighted by Crippen LogP contribution is 2.07. The molecule has 1 aromatic heterocycles. The zero-order valence-corrected chi connectivity index (χ0v) is 9.22. The number of carboxylic acid groups (broad SMARTS) is 1. The van der Waals surface area contributed by atoms with E-state index in [0.717, 1.165) is 6.42 Å². The van der Waals surface area contributed by atoms with Crippen LogP contribution in [-0.4, -0.2) is 46.3 Å². The first kappa shape index (κ1) is 12.6. The molecule has 0 aliphatic heterocycles. The van der Waals surface area contributed by atoms with Gasteiger partial charge in [0.1, 0.15) is 0 Å². The average Bonchev–Trinajstić information content (AvgIpc) is 2.63. The van der Waals surface area contributed by atoms with E-state index in [2.05, 4.69) is 10.3 Å². The molecule has 0 saturated carbocycles. The fourth-order valence-corrected chi connectivity index (χ4v) is 1.42. The molecule has 7 nitrogen and oxygen atoms in total. The second-order valence-electron chi connectivity index (χ2n) is 3.30. The van der Waals surface area contributed by atoms with Crippen LogP contribution >= 0.6 is 0 Å². The molecule has 1 aromatic rings. The summed E-state index contributed by atoms with van der Waals surface area (Å²) in [5.74, 6) is -1.07. The highest BCUT2D eigenvalue weighted by molar-refractivity contribution is 5.86. The lowest BCUT2D eigenvalue weighted by Gasteiger charge is -2.05. The standard InChI is InChI=1S/C9H16N4O3/c1-16-6-2-5-13-7(3-4-10)8(9(14)15)11-12-13/h2-6,10H2,1H3,(H,14,15). The Morgan fingerprint density at radius 2 is 2.38 bits per heavy atom. The molecule has 0 atom stereocenters. The molecule has 0 fully saturated rings. The van der Waals surface area contributed by atoms with Gasteiger partial charge in [-0.15, -0.1) is 5.10 Å². The molecule has 0 spiro atoms. The number of carbonyl (C=O) groups is 1. The fraction of sp³-hybridized carbons (Fsp3) is 0.667. The number of methoxy groups -OCH3 is 1. The number of aromatic carboxylic acids is 1. The summed E-state index contributed by atoms with van der Waals surface area (Å²) in [6.07, 6.45) is 1.22. The zero-order valence-electron chi connectivity index (χ0n) is 9.22. The van der Waals surface area contributed by atoms with Gasteiger partial charge < -0.3 is 15.6 Å². The van der Waals surface area contributed by atoms with Crippen LogP contribution in [0.3, 0.4) is 0 Å². The Balaban J connectivity index is 2.78. The lowest BCUT2D eigenvalue weighted by molar-refractivity contribution is 0.0689. The van der Waals surface area contributed by atoms with Crippen molar-refractivity contribution in [3.63, 3.8) is 0 Å². The first-order chi connectivity index (χ1) is 7.70. The summed E-state index contributed by atoms with van der Waals surface area (Å²) < 4.78 is 6.49. The average molecular weight is 228 g/mol. The molecule has 0 radical (unpaired) electrons. The molecule has 0 aliphatic rings. The van der Waals surface area contributed by atoms with Gasteiger partial charge in [-0.05, 0) is 13.0 Å². The van der Waals surface area contributed by atoms with Crippen molar-refractivity contribution in [3.05, 3.63) is 11.4 Å². The Morgan fingerprint density at radius 1 is 1.62 bits per heavy atom. The van der Waals surface area contributed by atoms with E-state index in [1.165, 1.54) is 0 Å². The van der Waals surface area contributed by atoms with Gasteiger partial charge in [0, 0.05) is 26.7 Å². The minimum atomic E-state index is -1.07. The fourth-order valence-electron chi connectivity index (χ4n) is 1.42. The molecule has 3 N–H and O–H groups in total. The highest BCUT2D eigenvalue weighted by Gasteiger charge is 2.17. The van der Waals surface area contributed by atoms with Crippen molar-refractivity contribution in [2.24, 2.45) is 5.73 Å². The van der Waals surface area contributed by atoms with E-state index in [-0.39, 0.29) is 5.69 Å². The van der Waals surface area contributed by atoms with E-state index in [0.29, 0.717) is 31.8 Å². The minimum Gasteiger partial charge on any atom is -0.476 e. The zero-order chi connectivity index (χ0) is 12.0. The van der Waals surface area contributed by atoms with Crippen molar-refractivity contribution < 1.29 is 14.6 Å². The first-order valence-electron chi connectivity index (χ1n) is 5.05. The molecule has 90 valence electrons. The molecule has 7 heteroatoms. The maximum absolute atomic E-state index is 10.9. The third-order valence-corrected chi connectivity index (χ3v) is 2.14. The van der Waals surface area contributed by atoms with Crippen LogP contribution in [0.1, 0.15) is 22.6 Å². The third-order valence-electron chi connectivity index (χ3n) is 2.14. The molecule has 0 aromatic carbocycles. The Labute approximate surface area is 93.2 Å². The van der Waals surface area contributed by atoms with Gasteiger partial charge in [0.2, 0.25) is 0 Å². The molecule has 0 unspecified atom stereocenters. The first-order valence-corrected chi connectivity index (χ1v) is 5.05. The normalized spacial score (nSPS) is 10.6. The Morgan fingerprint density at radius 3 is 2.94 bits per heavy atom. The maximum atomic E-state index is 10.9. The summed E-state index contributed by atoms with van der Waals surface area (Å²) >= 11 is 0. The van der Waals surface area contributed by atoms with Gasteiger partial charge in [0.15, 0.2) is 5.69 Å². The smallest absolute Gasteiger partial charge is 0.358 e. The van der Waals surface area contributed by atoms with E-state index < -0.39 is 5.97 Å². The van der Waals surface area contributed by atoms with Crippen LogP contribution in [0.2, 0.25) is 0 Å². The van der Waals surface area contributed by atoms with Crippen LogP contribution in [0.25, 0.3) is 0 Å². The van der Waals surface area contributed by atoms with E-state index in [4.69, 9.17) is 15.6 Å². The summed E-state index contributed by atoms with van der Waals surface area (Å²) in [5.41, 5.74) is 5.99. The van der Waals surface area contributed by atoms with Crippen LogP contribution in [-0.2, 0) is 17.7 Å². The summed E-state index contributed by atoms with van der Waals surface area (Å²) in [7, 11) is 1.62. The van der Waals surface area contributed by atoms with E-state index in [1.807, 2.05) is 0 Å². The minimum absolute atomic E-state index is 0.0112. The quantitative estimate of drug-likeness (QED) is 0.610. The van der Waals surface area contributed by atoms with Crippen LogP contribution in [0, 0.1) is 0 Å². The van der Waals surface area contributed by atoms with Crippen molar-refractivity contribution in [2.75, 3.05) is 20.3 Å². The van der Waals surface area contributed by atoms with Gasteiger partial charge >= 0.3 is 5.97 Å². The second-order valence-corrected chi connectivity index (χ2v) is 3.30. The van der Waals surface area contributed by atoms with Gasteiger partial charge in [-0.1, -0.05) is 5.21 Å². The summed E-state index contributed by atoms with van der Waals surface area (Å²) in [6, 6.07) is 0. The Kier molecular flexibility index (Phi) is 4.87. The number of carboxylic acids is 1. The van der Waals surface area contributed by atoms with Gasteiger partial charge in [-0.3, -0.25) is 0 Å². The molecule has 0 bridgehead atoms. The van der Waals surface area contributed by atoms with Gasteiger partial charge in [0.25, 0.3) is 0 Å². The van der Waals surface area contributed by atoms with Gasteiger partial charge in [0.05, 0.1) is 5.69 Å². The number of hydrogen-bond acceptors (Lipinski definition) is 5. The van der Waals surface area contributed by atoms with Crippen molar-refractivity contribution >= 4 is 5.97 Å². The van der Waals surface area contributed by atoms with Crippen LogP contribution in [0.15, 0.2) is 0 Å². The predicted molar refractivity (Wildman–Crippen MR) is 56.2 cm³/mol. The third kappa shape index (κ3) is 3.01. The topological polar surface area (TPSA) is 103 Å². The summed E-state index contributed by atoms with van der Waals surface area (Å²) in [6.45, 7) is 1.56. The lowest BCUT2D eigenvalue weighted by atomic mass is 10.2. The van der Waals surface area contributed by atoms with Crippen molar-refractivity contribution in [2.45, 2.75) is 19.4 Å². The van der Waals surface area contributed by atoms with Crippen molar-refractivity contribution in [1.82, 2.24) is 15.0 Å². The van der Waals surface area contributed by atoms with Crippen LogP contribution in [0.5, 0.6) is 0 Å². The molecular formula is C9H16N4O3. The molecule has 0 saturated heterocycles. The monoisotopic (exact) mass is 228 g/mol. The second kappa shape index (κ2) is 6.19. The lowest BCUT2D eigenvalue weighted by Crippen LogP contribution is -2.14. The number of aryl methyl sites for hydroxylation is 1. The summed E-state index contributed by atoms with van der Waals surface area (Å²) in [5, 5.41) is 16.3. The van der Waals surface area contributed by atoms with Gasteiger partial charge in [-0.2, -0.15) is 0 Å². The number of hydrogen-bond donors (Lipinski definition) is 2. The van der Waals surface area contributed by atoms with E-state index in [9.17, 15) is 4.79 Å². The predicted octanol–water partition coefficient (Wildman–Crippen LogP) is -0.486. The van der Waals surface area contributed by atoms with Crippen molar-refractivity contribution in [3.8, 4) is 0 Å². The molecule has 0 amide bonds. The number of nitrogens with zero attached hydrogens (tertiary/aromatic N) is 3. The summed E-state index contributed by atoms with van der Waals surface area (Å²) in [4.78, 5) is 10.9. The number of rotatable bonds is 7.